The topological polar surface area (TPSA) is 17.1 Å². The molecule has 2 rings (SSSR count). The van der Waals surface area contributed by atoms with Crippen molar-refractivity contribution in [3.05, 3.63) is 24.3 Å². The Morgan fingerprint density at radius 2 is 1.83 bits per heavy atom. The van der Waals surface area contributed by atoms with Gasteiger partial charge >= 0.3 is 0 Å². The Hall–Kier alpha value is -0.850. The second kappa shape index (κ2) is 3.26. The fourth-order valence-electron chi connectivity index (χ4n) is 2.33. The molecule has 3 atom stereocenters. The van der Waals surface area contributed by atoms with Crippen molar-refractivity contribution in [2.75, 3.05) is 0 Å². The van der Waals surface area contributed by atoms with E-state index in [1.807, 2.05) is 0 Å². The van der Waals surface area contributed by atoms with Gasteiger partial charge in [-0.2, -0.15) is 0 Å². The van der Waals surface area contributed by atoms with Gasteiger partial charge in [0.2, 0.25) is 0 Å². The number of rotatable bonds is 1. The van der Waals surface area contributed by atoms with Crippen LogP contribution in [0, 0.1) is 17.8 Å². The zero-order valence-electron chi connectivity index (χ0n) is 7.15. The summed E-state index contributed by atoms with van der Waals surface area (Å²) in [6.07, 6.45) is 13.2. The molecule has 0 radical (unpaired) electrons. The molecule has 0 aromatic carbocycles. The molecule has 1 heteroatoms. The van der Waals surface area contributed by atoms with Crippen LogP contribution in [0.4, 0.5) is 0 Å². The molecule has 12 heavy (non-hydrogen) atoms. The van der Waals surface area contributed by atoms with Gasteiger partial charge in [0.15, 0.2) is 0 Å². The molecule has 2 aliphatic rings. The van der Waals surface area contributed by atoms with Crippen LogP contribution in [0.25, 0.3) is 0 Å². The molecule has 0 unspecified atom stereocenters. The number of carbonyl (C=O) groups is 1. The minimum absolute atomic E-state index is 0.189. The quantitative estimate of drug-likeness (QED) is 0.427. The number of allylic oxidation sites excluding steroid dienone is 4. The normalized spacial score (nSPS) is 39.2. The van der Waals surface area contributed by atoms with Crippen molar-refractivity contribution in [2.45, 2.75) is 19.3 Å². The summed E-state index contributed by atoms with van der Waals surface area (Å²) in [7, 11) is 0. The van der Waals surface area contributed by atoms with Gasteiger partial charge in [0.1, 0.15) is 6.29 Å². The van der Waals surface area contributed by atoms with Crippen molar-refractivity contribution in [1.29, 1.82) is 0 Å². The maximum atomic E-state index is 10.7. The van der Waals surface area contributed by atoms with Gasteiger partial charge in [-0.1, -0.05) is 24.3 Å². The lowest BCUT2D eigenvalue weighted by molar-refractivity contribution is -0.111. The highest BCUT2D eigenvalue weighted by atomic mass is 16.1. The van der Waals surface area contributed by atoms with Crippen molar-refractivity contribution in [3.63, 3.8) is 0 Å². The number of fused-ring (bicyclic) bond motifs is 1. The molecule has 0 amide bonds. The third kappa shape index (κ3) is 1.24. The molecule has 0 aromatic rings. The summed E-state index contributed by atoms with van der Waals surface area (Å²) in [6.45, 7) is 0. The van der Waals surface area contributed by atoms with E-state index in [2.05, 4.69) is 24.3 Å². The number of hydrogen-bond acceptors (Lipinski definition) is 1. The van der Waals surface area contributed by atoms with Gasteiger partial charge in [0, 0.05) is 5.92 Å². The average Bonchev–Trinajstić information content (AvgIpc) is 2.17. The molecule has 0 N–H and O–H groups in total. The molecule has 0 heterocycles. The maximum absolute atomic E-state index is 10.7. The van der Waals surface area contributed by atoms with Gasteiger partial charge in [0.05, 0.1) is 0 Å². The maximum Gasteiger partial charge on any atom is 0.127 e. The third-order valence-corrected chi connectivity index (χ3v) is 3.07. The first-order valence-electron chi connectivity index (χ1n) is 4.69. The summed E-state index contributed by atoms with van der Waals surface area (Å²) in [6, 6.07) is 0. The van der Waals surface area contributed by atoms with Crippen LogP contribution in [0.1, 0.15) is 19.3 Å². The molecule has 0 aliphatic heterocycles. The SMILES string of the molecule is O=C[C@@H]1C=CC[C@H]2CC=CC[C@@H]12. The van der Waals surface area contributed by atoms with Crippen LogP contribution in [0.5, 0.6) is 0 Å². The van der Waals surface area contributed by atoms with E-state index in [0.717, 1.165) is 18.6 Å². The van der Waals surface area contributed by atoms with Crippen molar-refractivity contribution in [3.8, 4) is 0 Å². The number of carbonyl (C=O) groups excluding carboxylic acids is 1. The summed E-state index contributed by atoms with van der Waals surface area (Å²) in [5.74, 6) is 1.52. The van der Waals surface area contributed by atoms with Gasteiger partial charge in [-0.15, -0.1) is 0 Å². The largest absolute Gasteiger partial charge is 0.303 e. The zero-order chi connectivity index (χ0) is 8.39. The first-order chi connectivity index (χ1) is 5.92. The van der Waals surface area contributed by atoms with Crippen LogP contribution < -0.4 is 0 Å². The smallest absolute Gasteiger partial charge is 0.127 e. The lowest BCUT2D eigenvalue weighted by atomic mass is 9.71. The van der Waals surface area contributed by atoms with Gasteiger partial charge in [-0.25, -0.2) is 0 Å². The van der Waals surface area contributed by atoms with Crippen LogP contribution in [0.2, 0.25) is 0 Å². The highest BCUT2D eigenvalue weighted by molar-refractivity contribution is 5.57. The molecule has 2 aliphatic carbocycles. The number of aldehydes is 1. The van der Waals surface area contributed by atoms with E-state index in [9.17, 15) is 4.79 Å². The van der Waals surface area contributed by atoms with Crippen molar-refractivity contribution in [1.82, 2.24) is 0 Å². The van der Waals surface area contributed by atoms with Crippen LogP contribution in [-0.2, 0) is 4.79 Å². The minimum Gasteiger partial charge on any atom is -0.303 e. The minimum atomic E-state index is 0.189. The van der Waals surface area contributed by atoms with E-state index in [-0.39, 0.29) is 5.92 Å². The number of hydrogen-bond donors (Lipinski definition) is 0. The average molecular weight is 162 g/mol. The molecule has 0 spiro atoms. The van der Waals surface area contributed by atoms with E-state index in [4.69, 9.17) is 0 Å². The van der Waals surface area contributed by atoms with E-state index < -0.39 is 0 Å². The Morgan fingerprint density at radius 1 is 1.08 bits per heavy atom. The van der Waals surface area contributed by atoms with Gasteiger partial charge < -0.3 is 4.79 Å². The van der Waals surface area contributed by atoms with Crippen LogP contribution in [0.15, 0.2) is 24.3 Å². The lowest BCUT2D eigenvalue weighted by Gasteiger charge is -2.33. The predicted octanol–water partition coefficient (Wildman–Crippen LogP) is 2.34. The summed E-state index contributed by atoms with van der Waals surface area (Å²) < 4.78 is 0. The molecule has 0 saturated heterocycles. The Morgan fingerprint density at radius 3 is 2.67 bits per heavy atom. The molecular formula is C11H14O. The molecule has 1 nitrogen and oxygen atoms in total. The van der Waals surface area contributed by atoms with Crippen LogP contribution >= 0.6 is 0 Å². The fourth-order valence-corrected chi connectivity index (χ4v) is 2.33. The Bertz CT molecular complexity index is 227. The summed E-state index contributed by atoms with van der Waals surface area (Å²) >= 11 is 0. The van der Waals surface area contributed by atoms with Gasteiger partial charge in [-0.05, 0) is 31.1 Å². The fraction of sp³-hybridized carbons (Fsp3) is 0.545. The van der Waals surface area contributed by atoms with E-state index in [1.165, 1.54) is 12.8 Å². The molecule has 0 aromatic heterocycles. The Balaban J connectivity index is 2.17. The molecule has 64 valence electrons. The molecule has 0 fully saturated rings. The van der Waals surface area contributed by atoms with E-state index >= 15 is 0 Å². The standard InChI is InChI=1S/C11H14O/c12-8-10-6-3-5-9-4-1-2-7-11(9)10/h1-3,6,8-11H,4-5,7H2/t9-,10+,11-/m1/s1. The Kier molecular flexibility index (Phi) is 2.11. The first-order valence-corrected chi connectivity index (χ1v) is 4.69. The van der Waals surface area contributed by atoms with Crippen molar-refractivity contribution < 1.29 is 4.79 Å². The zero-order valence-corrected chi connectivity index (χ0v) is 7.15. The Labute approximate surface area is 73.2 Å². The first kappa shape index (κ1) is 7.78. The monoisotopic (exact) mass is 162 g/mol. The predicted molar refractivity (Wildman–Crippen MR) is 48.7 cm³/mol. The molecular weight excluding hydrogens is 148 g/mol. The summed E-state index contributed by atoms with van der Waals surface area (Å²) in [5, 5.41) is 0. The lowest BCUT2D eigenvalue weighted by Crippen LogP contribution is -2.27. The van der Waals surface area contributed by atoms with Crippen molar-refractivity contribution >= 4 is 6.29 Å². The van der Waals surface area contributed by atoms with Gasteiger partial charge in [-0.3, -0.25) is 0 Å². The van der Waals surface area contributed by atoms with Gasteiger partial charge in [0.25, 0.3) is 0 Å². The van der Waals surface area contributed by atoms with E-state index in [0.29, 0.717) is 5.92 Å². The molecule has 0 bridgehead atoms. The highest BCUT2D eigenvalue weighted by Crippen LogP contribution is 2.37. The van der Waals surface area contributed by atoms with Crippen LogP contribution in [-0.4, -0.2) is 6.29 Å². The molecule has 0 saturated carbocycles. The second-order valence-electron chi connectivity index (χ2n) is 3.74. The second-order valence-corrected chi connectivity index (χ2v) is 3.74. The van der Waals surface area contributed by atoms with Crippen LogP contribution in [0.3, 0.4) is 0 Å². The summed E-state index contributed by atoms with van der Waals surface area (Å²) in [5.41, 5.74) is 0. The third-order valence-electron chi connectivity index (χ3n) is 3.07. The highest BCUT2D eigenvalue weighted by Gasteiger charge is 2.29. The summed E-state index contributed by atoms with van der Waals surface area (Å²) in [4.78, 5) is 10.7. The van der Waals surface area contributed by atoms with Crippen molar-refractivity contribution in [2.24, 2.45) is 17.8 Å². The van der Waals surface area contributed by atoms with E-state index in [1.54, 1.807) is 0 Å².